The molecular formula is C12H14N2O2S. The van der Waals surface area contributed by atoms with Crippen LogP contribution in [0, 0.1) is 17.2 Å². The van der Waals surface area contributed by atoms with Crippen molar-refractivity contribution in [1.82, 2.24) is 4.72 Å². The third kappa shape index (κ3) is 2.84. The van der Waals surface area contributed by atoms with Crippen molar-refractivity contribution in [2.45, 2.75) is 30.7 Å². The van der Waals surface area contributed by atoms with Gasteiger partial charge in [0.05, 0.1) is 16.5 Å². The quantitative estimate of drug-likeness (QED) is 0.883. The van der Waals surface area contributed by atoms with Gasteiger partial charge in [0.1, 0.15) is 0 Å². The lowest BCUT2D eigenvalue weighted by molar-refractivity contribution is 0.538. The Bertz CT molecular complexity index is 539. The molecule has 0 saturated heterocycles. The topological polar surface area (TPSA) is 70.0 Å². The molecule has 2 rings (SSSR count). The summed E-state index contributed by atoms with van der Waals surface area (Å²) >= 11 is 0. The van der Waals surface area contributed by atoms with Crippen LogP contribution in [0.5, 0.6) is 0 Å². The van der Waals surface area contributed by atoms with Crippen molar-refractivity contribution in [3.8, 4) is 6.07 Å². The van der Waals surface area contributed by atoms with Gasteiger partial charge in [0.25, 0.3) is 0 Å². The number of rotatable bonds is 4. The summed E-state index contributed by atoms with van der Waals surface area (Å²) in [6.45, 7) is 1.89. The predicted octanol–water partition coefficient (Wildman–Crippen LogP) is 1.64. The normalized spacial score (nSPS) is 17.4. The average molecular weight is 250 g/mol. The Morgan fingerprint density at radius 1 is 1.35 bits per heavy atom. The molecule has 1 N–H and O–H groups in total. The molecule has 1 saturated carbocycles. The van der Waals surface area contributed by atoms with Gasteiger partial charge >= 0.3 is 0 Å². The van der Waals surface area contributed by atoms with Gasteiger partial charge < -0.3 is 0 Å². The summed E-state index contributed by atoms with van der Waals surface area (Å²) in [5, 5.41) is 8.64. The van der Waals surface area contributed by atoms with E-state index in [-0.39, 0.29) is 10.9 Å². The van der Waals surface area contributed by atoms with Gasteiger partial charge in [-0.25, -0.2) is 13.1 Å². The molecule has 0 unspecified atom stereocenters. The van der Waals surface area contributed by atoms with Crippen molar-refractivity contribution < 1.29 is 8.42 Å². The van der Waals surface area contributed by atoms with E-state index < -0.39 is 10.0 Å². The van der Waals surface area contributed by atoms with Crippen molar-refractivity contribution in [2.75, 3.05) is 0 Å². The van der Waals surface area contributed by atoms with Crippen molar-refractivity contribution in [1.29, 1.82) is 5.26 Å². The molecule has 0 bridgehead atoms. The van der Waals surface area contributed by atoms with Crippen LogP contribution < -0.4 is 4.72 Å². The number of hydrogen-bond donors (Lipinski definition) is 1. The maximum Gasteiger partial charge on any atom is 0.240 e. The lowest BCUT2D eigenvalue weighted by Crippen LogP contribution is -2.33. The summed E-state index contributed by atoms with van der Waals surface area (Å²) in [5.74, 6) is 0.475. The highest BCUT2D eigenvalue weighted by molar-refractivity contribution is 7.89. The van der Waals surface area contributed by atoms with E-state index in [9.17, 15) is 8.42 Å². The minimum Gasteiger partial charge on any atom is -0.208 e. The van der Waals surface area contributed by atoms with E-state index in [0.29, 0.717) is 11.5 Å². The molecule has 90 valence electrons. The molecule has 0 heterocycles. The number of sulfonamides is 1. The fraction of sp³-hybridized carbons (Fsp3) is 0.417. The minimum absolute atomic E-state index is 0.0179. The van der Waals surface area contributed by atoms with Crippen LogP contribution >= 0.6 is 0 Å². The number of hydrogen-bond acceptors (Lipinski definition) is 3. The molecule has 1 aliphatic carbocycles. The Labute approximate surface area is 101 Å². The van der Waals surface area contributed by atoms with Crippen molar-refractivity contribution >= 4 is 10.0 Å². The highest BCUT2D eigenvalue weighted by atomic mass is 32.2. The Balaban J connectivity index is 2.16. The number of nitriles is 1. The van der Waals surface area contributed by atoms with E-state index in [0.717, 1.165) is 12.8 Å². The summed E-state index contributed by atoms with van der Waals surface area (Å²) < 4.78 is 26.6. The zero-order valence-corrected chi connectivity index (χ0v) is 10.4. The molecule has 17 heavy (non-hydrogen) atoms. The standard InChI is InChI=1S/C12H14N2O2S/c1-9(11-4-5-11)14-17(15,16)12-6-2-10(8-13)3-7-12/h2-3,6-7,9,11,14H,4-5H2,1H3/t9-/m1/s1. The highest BCUT2D eigenvalue weighted by Gasteiger charge is 2.31. The second-order valence-corrected chi connectivity index (χ2v) is 6.10. The molecule has 0 aromatic heterocycles. The van der Waals surface area contributed by atoms with Gasteiger partial charge in [-0.1, -0.05) is 0 Å². The van der Waals surface area contributed by atoms with Crippen LogP contribution in [0.1, 0.15) is 25.3 Å². The van der Waals surface area contributed by atoms with Crippen LogP contribution in [0.2, 0.25) is 0 Å². The molecule has 1 aromatic carbocycles. The second-order valence-electron chi connectivity index (χ2n) is 4.38. The summed E-state index contributed by atoms with van der Waals surface area (Å²) in [7, 11) is -3.45. The Hall–Kier alpha value is -1.38. The van der Waals surface area contributed by atoms with E-state index in [4.69, 9.17) is 5.26 Å². The number of nitrogens with one attached hydrogen (secondary N) is 1. The van der Waals surface area contributed by atoms with Crippen LogP contribution in [0.3, 0.4) is 0 Å². The summed E-state index contributed by atoms with van der Waals surface area (Å²) in [4.78, 5) is 0.212. The Morgan fingerprint density at radius 3 is 2.41 bits per heavy atom. The molecule has 0 amide bonds. The first-order valence-corrected chi connectivity index (χ1v) is 7.04. The number of benzene rings is 1. The first-order chi connectivity index (χ1) is 8.03. The second kappa shape index (κ2) is 4.47. The van der Waals surface area contributed by atoms with E-state index in [1.807, 2.05) is 13.0 Å². The lowest BCUT2D eigenvalue weighted by Gasteiger charge is -2.13. The SMILES string of the molecule is C[C@@H](NS(=O)(=O)c1ccc(C#N)cc1)C1CC1. The molecule has 1 aromatic rings. The van der Waals surface area contributed by atoms with Gasteiger partial charge in [0.2, 0.25) is 10.0 Å². The van der Waals surface area contributed by atoms with Gasteiger partial charge in [0, 0.05) is 6.04 Å². The monoisotopic (exact) mass is 250 g/mol. The molecule has 0 aliphatic heterocycles. The van der Waals surface area contributed by atoms with Crippen LogP contribution in [0.25, 0.3) is 0 Å². The first-order valence-electron chi connectivity index (χ1n) is 5.55. The van der Waals surface area contributed by atoms with E-state index in [1.54, 1.807) is 0 Å². The summed E-state index contributed by atoms with van der Waals surface area (Å²) in [5.41, 5.74) is 0.458. The molecule has 1 fully saturated rings. The van der Waals surface area contributed by atoms with Gasteiger partial charge in [0.15, 0.2) is 0 Å². The smallest absolute Gasteiger partial charge is 0.208 e. The zero-order valence-electron chi connectivity index (χ0n) is 9.55. The average Bonchev–Trinajstić information content (AvgIpc) is 3.12. The van der Waals surface area contributed by atoms with E-state index in [2.05, 4.69) is 4.72 Å². The van der Waals surface area contributed by atoms with E-state index in [1.165, 1.54) is 24.3 Å². The summed E-state index contributed by atoms with van der Waals surface area (Å²) in [6, 6.07) is 7.88. The van der Waals surface area contributed by atoms with Crippen LogP contribution in [0.4, 0.5) is 0 Å². The molecule has 0 radical (unpaired) electrons. The third-order valence-electron chi connectivity index (χ3n) is 2.96. The van der Waals surface area contributed by atoms with Crippen molar-refractivity contribution in [3.63, 3.8) is 0 Å². The maximum atomic E-state index is 12.0. The van der Waals surface area contributed by atoms with Crippen molar-refractivity contribution in [3.05, 3.63) is 29.8 Å². The largest absolute Gasteiger partial charge is 0.240 e. The number of nitrogens with zero attached hydrogens (tertiary/aromatic N) is 1. The minimum atomic E-state index is -3.45. The zero-order chi connectivity index (χ0) is 12.5. The molecular weight excluding hydrogens is 236 g/mol. The maximum absolute atomic E-state index is 12.0. The van der Waals surface area contributed by atoms with Crippen LogP contribution in [-0.4, -0.2) is 14.5 Å². The van der Waals surface area contributed by atoms with Crippen LogP contribution in [-0.2, 0) is 10.0 Å². The fourth-order valence-corrected chi connectivity index (χ4v) is 3.03. The Morgan fingerprint density at radius 2 is 1.94 bits per heavy atom. The molecule has 0 spiro atoms. The van der Waals surface area contributed by atoms with Crippen molar-refractivity contribution in [2.24, 2.45) is 5.92 Å². The Kier molecular flexibility index (Phi) is 3.18. The lowest BCUT2D eigenvalue weighted by atomic mass is 10.2. The molecule has 1 atom stereocenters. The van der Waals surface area contributed by atoms with Gasteiger partial charge in [-0.2, -0.15) is 5.26 Å². The first kappa shape index (κ1) is 12.1. The van der Waals surface area contributed by atoms with Gasteiger partial charge in [-0.3, -0.25) is 0 Å². The molecule has 4 nitrogen and oxygen atoms in total. The molecule has 5 heteroatoms. The predicted molar refractivity (Wildman–Crippen MR) is 63.7 cm³/mol. The molecule has 1 aliphatic rings. The highest BCUT2D eigenvalue weighted by Crippen LogP contribution is 2.32. The summed E-state index contributed by atoms with van der Waals surface area (Å²) in [6.07, 6.45) is 2.19. The van der Waals surface area contributed by atoms with Gasteiger partial charge in [-0.15, -0.1) is 0 Å². The fourth-order valence-electron chi connectivity index (χ4n) is 1.71. The van der Waals surface area contributed by atoms with E-state index >= 15 is 0 Å². The van der Waals surface area contributed by atoms with Crippen LogP contribution in [0.15, 0.2) is 29.2 Å². The van der Waals surface area contributed by atoms with Gasteiger partial charge in [-0.05, 0) is 49.9 Å². The third-order valence-corrected chi connectivity index (χ3v) is 4.54.